The van der Waals surface area contributed by atoms with Crippen molar-refractivity contribution in [2.75, 3.05) is 0 Å². The molecule has 2 N–H and O–H groups in total. The van der Waals surface area contributed by atoms with Crippen molar-refractivity contribution in [3.8, 4) is 5.75 Å². The van der Waals surface area contributed by atoms with Crippen LogP contribution in [-0.2, 0) is 0 Å². The van der Waals surface area contributed by atoms with Gasteiger partial charge in [-0.1, -0.05) is 46.9 Å². The molecule has 0 aliphatic heterocycles. The van der Waals surface area contributed by atoms with E-state index >= 15 is 0 Å². The predicted octanol–water partition coefficient (Wildman–Crippen LogP) is 5.11. The van der Waals surface area contributed by atoms with Gasteiger partial charge >= 0.3 is 0 Å². The van der Waals surface area contributed by atoms with Crippen LogP contribution in [-0.4, -0.2) is 6.04 Å². The monoisotopic (exact) mass is 329 g/mol. The lowest BCUT2D eigenvalue weighted by atomic mass is 10.0. The van der Waals surface area contributed by atoms with Gasteiger partial charge in [0.15, 0.2) is 0 Å². The molecule has 0 spiro atoms. The van der Waals surface area contributed by atoms with E-state index < -0.39 is 0 Å². The molecule has 0 aliphatic carbocycles. The topological polar surface area (TPSA) is 35.2 Å². The molecule has 0 radical (unpaired) electrons. The molecule has 0 aromatic heterocycles. The van der Waals surface area contributed by atoms with E-state index in [9.17, 15) is 0 Å². The Labute approximate surface area is 133 Å². The second kappa shape index (κ2) is 6.68. The SMILES string of the molecule is CC(N)C(Oc1cc(Cl)ccc1Cl)c1ccc(Cl)cc1. The highest BCUT2D eigenvalue weighted by Gasteiger charge is 2.19. The molecule has 0 amide bonds. The summed E-state index contributed by atoms with van der Waals surface area (Å²) in [6.07, 6.45) is -0.330. The van der Waals surface area contributed by atoms with Crippen molar-refractivity contribution in [3.05, 3.63) is 63.1 Å². The van der Waals surface area contributed by atoms with E-state index in [2.05, 4.69) is 0 Å². The molecule has 0 bridgehead atoms. The minimum absolute atomic E-state index is 0.216. The molecule has 5 heteroatoms. The molecule has 106 valence electrons. The smallest absolute Gasteiger partial charge is 0.140 e. The second-order valence-electron chi connectivity index (χ2n) is 4.52. The summed E-state index contributed by atoms with van der Waals surface area (Å²) >= 11 is 18.0. The van der Waals surface area contributed by atoms with Gasteiger partial charge in [0.25, 0.3) is 0 Å². The summed E-state index contributed by atoms with van der Waals surface area (Å²) in [7, 11) is 0. The Morgan fingerprint density at radius 3 is 2.15 bits per heavy atom. The minimum atomic E-state index is -0.330. The van der Waals surface area contributed by atoms with E-state index in [0.717, 1.165) is 5.56 Å². The van der Waals surface area contributed by atoms with E-state index in [1.807, 2.05) is 19.1 Å². The van der Waals surface area contributed by atoms with Gasteiger partial charge in [0, 0.05) is 22.2 Å². The van der Waals surface area contributed by atoms with Crippen LogP contribution in [0.1, 0.15) is 18.6 Å². The first-order chi connectivity index (χ1) is 9.47. The number of hydrogen-bond acceptors (Lipinski definition) is 2. The van der Waals surface area contributed by atoms with Crippen LogP contribution in [0.3, 0.4) is 0 Å². The average molecular weight is 331 g/mol. The van der Waals surface area contributed by atoms with E-state index in [0.29, 0.717) is 20.8 Å². The standard InChI is InChI=1S/C15H14Cl3NO/c1-9(19)15(10-2-4-11(16)5-3-10)20-14-8-12(17)6-7-13(14)18/h2-9,15H,19H2,1H3. The van der Waals surface area contributed by atoms with Crippen molar-refractivity contribution in [1.29, 1.82) is 0 Å². The molecular weight excluding hydrogens is 317 g/mol. The van der Waals surface area contributed by atoms with E-state index in [1.165, 1.54) is 0 Å². The summed E-state index contributed by atoms with van der Waals surface area (Å²) in [5, 5.41) is 1.72. The molecule has 0 fully saturated rings. The maximum atomic E-state index is 6.11. The van der Waals surface area contributed by atoms with Crippen LogP contribution in [0.5, 0.6) is 5.75 Å². The first-order valence-electron chi connectivity index (χ1n) is 6.10. The fourth-order valence-electron chi connectivity index (χ4n) is 1.84. The van der Waals surface area contributed by atoms with Crippen LogP contribution in [0, 0.1) is 0 Å². The Morgan fingerprint density at radius 2 is 1.55 bits per heavy atom. The molecular formula is C15H14Cl3NO. The first-order valence-corrected chi connectivity index (χ1v) is 7.23. The third kappa shape index (κ3) is 3.80. The van der Waals surface area contributed by atoms with Crippen LogP contribution in [0.2, 0.25) is 15.1 Å². The first kappa shape index (κ1) is 15.5. The fourth-order valence-corrected chi connectivity index (χ4v) is 2.29. The van der Waals surface area contributed by atoms with Crippen LogP contribution >= 0.6 is 34.8 Å². The molecule has 0 aliphatic rings. The van der Waals surface area contributed by atoms with Crippen molar-refractivity contribution in [3.63, 3.8) is 0 Å². The van der Waals surface area contributed by atoms with Gasteiger partial charge in [-0.15, -0.1) is 0 Å². The molecule has 2 atom stereocenters. The van der Waals surface area contributed by atoms with Crippen molar-refractivity contribution >= 4 is 34.8 Å². The van der Waals surface area contributed by atoms with Crippen molar-refractivity contribution in [2.24, 2.45) is 5.73 Å². The third-order valence-electron chi connectivity index (χ3n) is 2.82. The lowest BCUT2D eigenvalue weighted by Crippen LogP contribution is -2.29. The highest BCUT2D eigenvalue weighted by molar-refractivity contribution is 6.34. The zero-order valence-corrected chi connectivity index (χ0v) is 13.1. The third-order valence-corrected chi connectivity index (χ3v) is 3.62. The largest absolute Gasteiger partial charge is 0.482 e. The normalized spacial score (nSPS) is 13.8. The zero-order valence-electron chi connectivity index (χ0n) is 10.8. The summed E-state index contributed by atoms with van der Waals surface area (Å²) in [6, 6.07) is 12.2. The Bertz CT molecular complexity index is 584. The summed E-state index contributed by atoms with van der Waals surface area (Å²) < 4.78 is 5.93. The van der Waals surface area contributed by atoms with Gasteiger partial charge in [-0.2, -0.15) is 0 Å². The van der Waals surface area contributed by atoms with E-state index in [1.54, 1.807) is 30.3 Å². The van der Waals surface area contributed by atoms with Gasteiger partial charge in [0.05, 0.1) is 5.02 Å². The molecule has 0 saturated carbocycles. The van der Waals surface area contributed by atoms with Gasteiger partial charge in [0.1, 0.15) is 11.9 Å². The molecule has 2 unspecified atom stereocenters. The number of benzene rings is 2. The summed E-state index contributed by atoms with van der Waals surface area (Å²) in [5.41, 5.74) is 6.94. The van der Waals surface area contributed by atoms with E-state index in [-0.39, 0.29) is 12.1 Å². The Hall–Kier alpha value is -0.930. The maximum absolute atomic E-state index is 6.11. The van der Waals surface area contributed by atoms with Gasteiger partial charge < -0.3 is 10.5 Å². The number of nitrogens with two attached hydrogens (primary N) is 1. The van der Waals surface area contributed by atoms with Gasteiger partial charge in [0.2, 0.25) is 0 Å². The van der Waals surface area contributed by atoms with E-state index in [4.69, 9.17) is 45.3 Å². The van der Waals surface area contributed by atoms with Crippen molar-refractivity contribution in [1.82, 2.24) is 0 Å². The molecule has 2 nitrogen and oxygen atoms in total. The van der Waals surface area contributed by atoms with Crippen molar-refractivity contribution < 1.29 is 4.74 Å². The minimum Gasteiger partial charge on any atom is -0.482 e. The number of ether oxygens (including phenoxy) is 1. The average Bonchev–Trinajstić information content (AvgIpc) is 2.40. The molecule has 20 heavy (non-hydrogen) atoms. The Balaban J connectivity index is 2.30. The van der Waals surface area contributed by atoms with Crippen LogP contribution < -0.4 is 10.5 Å². The van der Waals surface area contributed by atoms with Crippen LogP contribution in [0.4, 0.5) is 0 Å². The van der Waals surface area contributed by atoms with Crippen LogP contribution in [0.25, 0.3) is 0 Å². The zero-order chi connectivity index (χ0) is 14.7. The maximum Gasteiger partial charge on any atom is 0.140 e. The summed E-state index contributed by atoms with van der Waals surface area (Å²) in [6.45, 7) is 1.87. The molecule has 2 aromatic rings. The highest BCUT2D eigenvalue weighted by Crippen LogP contribution is 2.32. The number of hydrogen-bond donors (Lipinski definition) is 1. The summed E-state index contributed by atoms with van der Waals surface area (Å²) in [5.74, 6) is 0.511. The number of rotatable bonds is 4. The van der Waals surface area contributed by atoms with Gasteiger partial charge in [-0.05, 0) is 36.8 Å². The lowest BCUT2D eigenvalue weighted by molar-refractivity contribution is 0.180. The fraction of sp³-hybridized carbons (Fsp3) is 0.200. The predicted molar refractivity (Wildman–Crippen MR) is 84.9 cm³/mol. The van der Waals surface area contributed by atoms with Crippen molar-refractivity contribution in [2.45, 2.75) is 19.1 Å². The van der Waals surface area contributed by atoms with Crippen LogP contribution in [0.15, 0.2) is 42.5 Å². The molecule has 2 aromatic carbocycles. The molecule has 2 rings (SSSR count). The highest BCUT2D eigenvalue weighted by atomic mass is 35.5. The Morgan fingerprint density at radius 1 is 0.950 bits per heavy atom. The molecule has 0 heterocycles. The van der Waals surface area contributed by atoms with Gasteiger partial charge in [-0.25, -0.2) is 0 Å². The number of halogens is 3. The molecule has 0 saturated heterocycles. The quantitative estimate of drug-likeness (QED) is 0.845. The van der Waals surface area contributed by atoms with Gasteiger partial charge in [-0.3, -0.25) is 0 Å². The lowest BCUT2D eigenvalue weighted by Gasteiger charge is -2.23. The second-order valence-corrected chi connectivity index (χ2v) is 5.80. The summed E-state index contributed by atoms with van der Waals surface area (Å²) in [4.78, 5) is 0. The Kier molecular flexibility index (Phi) is 5.17.